The summed E-state index contributed by atoms with van der Waals surface area (Å²) in [6, 6.07) is 6.36. The lowest BCUT2D eigenvalue weighted by atomic mass is 10.1. The number of nitrogens with one attached hydrogen (secondary N) is 2. The fourth-order valence-electron chi connectivity index (χ4n) is 1.89. The van der Waals surface area contributed by atoms with Crippen molar-refractivity contribution in [2.24, 2.45) is 0 Å². The van der Waals surface area contributed by atoms with Crippen LogP contribution in [0.3, 0.4) is 0 Å². The fraction of sp³-hybridized carbons (Fsp3) is 0.417. The quantitative estimate of drug-likeness (QED) is 0.856. The van der Waals surface area contributed by atoms with Crippen molar-refractivity contribution in [2.45, 2.75) is 25.1 Å². The predicted molar refractivity (Wildman–Crippen MR) is 61.5 cm³/mol. The first-order valence-corrected chi connectivity index (χ1v) is 5.66. The molecule has 18 heavy (non-hydrogen) atoms. The molecule has 0 saturated heterocycles. The average Bonchev–Trinajstić information content (AvgIpc) is 2.46. The number of alkyl halides is 3. The Morgan fingerprint density at radius 2 is 2.00 bits per heavy atom. The molecule has 0 radical (unpaired) electrons. The third-order valence-corrected chi connectivity index (χ3v) is 2.82. The summed E-state index contributed by atoms with van der Waals surface area (Å²) in [5, 5.41) is 5.60. The third-order valence-electron chi connectivity index (χ3n) is 2.82. The fourth-order valence-corrected chi connectivity index (χ4v) is 1.89. The standard InChI is InChI=1S/C12H13F3N2O/c13-12(14,15)6-5-8-7-16-10-4-2-1-3-9(10)11(18)17-8/h1-4,8,16H,5-7H2,(H,17,18). The minimum atomic E-state index is -4.19. The highest BCUT2D eigenvalue weighted by atomic mass is 19.4. The van der Waals surface area contributed by atoms with Gasteiger partial charge in [0.25, 0.3) is 5.91 Å². The van der Waals surface area contributed by atoms with Gasteiger partial charge in [-0.2, -0.15) is 13.2 Å². The largest absolute Gasteiger partial charge is 0.389 e. The number of para-hydroxylation sites is 1. The van der Waals surface area contributed by atoms with Crippen LogP contribution in [0.15, 0.2) is 24.3 Å². The second-order valence-corrected chi connectivity index (χ2v) is 4.25. The highest BCUT2D eigenvalue weighted by Crippen LogP contribution is 2.24. The van der Waals surface area contributed by atoms with Crippen molar-refractivity contribution in [3.05, 3.63) is 29.8 Å². The third kappa shape index (κ3) is 3.15. The molecule has 0 aliphatic carbocycles. The molecule has 0 saturated carbocycles. The first-order valence-electron chi connectivity index (χ1n) is 5.66. The van der Waals surface area contributed by atoms with Gasteiger partial charge in [-0.1, -0.05) is 12.1 Å². The molecule has 6 heteroatoms. The second-order valence-electron chi connectivity index (χ2n) is 4.25. The molecule has 1 aromatic carbocycles. The summed E-state index contributed by atoms with van der Waals surface area (Å²) in [5.41, 5.74) is 1.12. The van der Waals surface area contributed by atoms with Gasteiger partial charge in [-0.05, 0) is 18.6 Å². The van der Waals surface area contributed by atoms with Crippen LogP contribution in [-0.4, -0.2) is 24.7 Å². The molecule has 0 spiro atoms. The van der Waals surface area contributed by atoms with E-state index in [9.17, 15) is 18.0 Å². The molecular weight excluding hydrogens is 245 g/mol. The van der Waals surface area contributed by atoms with Crippen LogP contribution in [0.25, 0.3) is 0 Å². The molecule has 1 heterocycles. The van der Waals surface area contributed by atoms with Gasteiger partial charge in [0.05, 0.1) is 5.56 Å². The van der Waals surface area contributed by atoms with Gasteiger partial charge in [0.15, 0.2) is 0 Å². The van der Waals surface area contributed by atoms with Crippen LogP contribution < -0.4 is 10.6 Å². The van der Waals surface area contributed by atoms with Gasteiger partial charge in [0, 0.05) is 24.7 Å². The Kier molecular flexibility index (Phi) is 3.45. The number of halogens is 3. The van der Waals surface area contributed by atoms with Crippen LogP contribution in [0, 0.1) is 0 Å². The maximum absolute atomic E-state index is 12.1. The van der Waals surface area contributed by atoms with Crippen LogP contribution in [0.4, 0.5) is 18.9 Å². The summed E-state index contributed by atoms with van der Waals surface area (Å²) in [5.74, 6) is -0.331. The van der Waals surface area contributed by atoms with Gasteiger partial charge in [-0.3, -0.25) is 4.79 Å². The lowest BCUT2D eigenvalue weighted by Crippen LogP contribution is -2.37. The van der Waals surface area contributed by atoms with E-state index in [1.807, 2.05) is 0 Å². The lowest BCUT2D eigenvalue weighted by molar-refractivity contribution is -0.136. The van der Waals surface area contributed by atoms with E-state index in [-0.39, 0.29) is 12.3 Å². The first-order chi connectivity index (χ1) is 8.46. The Labute approximate surface area is 102 Å². The zero-order valence-electron chi connectivity index (χ0n) is 9.55. The number of carbonyl (C=O) groups is 1. The molecule has 1 unspecified atom stereocenters. The minimum Gasteiger partial charge on any atom is -0.382 e. The van der Waals surface area contributed by atoms with E-state index in [1.54, 1.807) is 24.3 Å². The lowest BCUT2D eigenvalue weighted by Gasteiger charge is -2.16. The van der Waals surface area contributed by atoms with Gasteiger partial charge >= 0.3 is 6.18 Å². The molecule has 1 aliphatic heterocycles. The highest BCUT2D eigenvalue weighted by Gasteiger charge is 2.29. The van der Waals surface area contributed by atoms with Gasteiger partial charge in [0.1, 0.15) is 0 Å². The van der Waals surface area contributed by atoms with E-state index < -0.39 is 18.6 Å². The van der Waals surface area contributed by atoms with Gasteiger partial charge in [-0.15, -0.1) is 0 Å². The SMILES string of the molecule is O=C1NC(CCC(F)(F)F)CNc2ccccc21. The van der Waals surface area contributed by atoms with E-state index in [4.69, 9.17) is 0 Å². The number of anilines is 1. The molecule has 0 bridgehead atoms. The summed E-state index contributed by atoms with van der Waals surface area (Å²) in [6.45, 7) is 0.304. The molecule has 0 fully saturated rings. The van der Waals surface area contributed by atoms with Gasteiger partial charge in [0.2, 0.25) is 0 Å². The van der Waals surface area contributed by atoms with E-state index in [1.165, 1.54) is 0 Å². The van der Waals surface area contributed by atoms with Crippen molar-refractivity contribution >= 4 is 11.6 Å². The molecule has 2 N–H and O–H groups in total. The van der Waals surface area contributed by atoms with Crippen molar-refractivity contribution in [1.29, 1.82) is 0 Å². The molecular formula is C12H13F3N2O. The van der Waals surface area contributed by atoms with Crippen molar-refractivity contribution in [2.75, 3.05) is 11.9 Å². The molecule has 2 rings (SSSR count). The van der Waals surface area contributed by atoms with Crippen molar-refractivity contribution < 1.29 is 18.0 Å². The zero-order valence-corrected chi connectivity index (χ0v) is 9.55. The number of hydrogen-bond donors (Lipinski definition) is 2. The Bertz CT molecular complexity index is 445. The average molecular weight is 258 g/mol. The predicted octanol–water partition coefficient (Wildman–Crippen LogP) is 2.55. The highest BCUT2D eigenvalue weighted by molar-refractivity contribution is 6.00. The van der Waals surface area contributed by atoms with Crippen LogP contribution in [0.5, 0.6) is 0 Å². The Morgan fingerprint density at radius 3 is 2.72 bits per heavy atom. The number of rotatable bonds is 2. The molecule has 98 valence electrons. The smallest absolute Gasteiger partial charge is 0.382 e. The zero-order chi connectivity index (χ0) is 13.2. The summed E-state index contributed by atoms with van der Waals surface area (Å²) in [6.07, 6.45) is -5.20. The maximum Gasteiger partial charge on any atom is 0.389 e. The molecule has 0 aromatic heterocycles. The van der Waals surface area contributed by atoms with Crippen LogP contribution in [0.1, 0.15) is 23.2 Å². The van der Waals surface area contributed by atoms with Crippen molar-refractivity contribution in [1.82, 2.24) is 5.32 Å². The minimum absolute atomic E-state index is 0.115. The van der Waals surface area contributed by atoms with Gasteiger partial charge in [-0.25, -0.2) is 0 Å². The maximum atomic E-state index is 12.1. The summed E-state index contributed by atoms with van der Waals surface area (Å²) < 4.78 is 36.4. The molecule has 3 nitrogen and oxygen atoms in total. The Morgan fingerprint density at radius 1 is 1.28 bits per heavy atom. The monoisotopic (exact) mass is 258 g/mol. The number of fused-ring (bicyclic) bond motifs is 1. The first kappa shape index (κ1) is 12.7. The van der Waals surface area contributed by atoms with Crippen molar-refractivity contribution in [3.63, 3.8) is 0 Å². The van der Waals surface area contributed by atoms with Crippen LogP contribution >= 0.6 is 0 Å². The van der Waals surface area contributed by atoms with E-state index in [0.717, 1.165) is 0 Å². The number of hydrogen-bond acceptors (Lipinski definition) is 2. The van der Waals surface area contributed by atoms with Crippen LogP contribution in [0.2, 0.25) is 0 Å². The second kappa shape index (κ2) is 4.88. The van der Waals surface area contributed by atoms with Gasteiger partial charge < -0.3 is 10.6 Å². The number of benzene rings is 1. The molecule has 1 amide bonds. The van der Waals surface area contributed by atoms with E-state index in [2.05, 4.69) is 10.6 Å². The summed E-state index contributed by atoms with van der Waals surface area (Å²) in [4.78, 5) is 11.8. The normalized spacial score (nSPS) is 19.5. The summed E-state index contributed by atoms with van der Waals surface area (Å²) in [7, 11) is 0. The number of carbonyl (C=O) groups excluding carboxylic acids is 1. The van der Waals surface area contributed by atoms with Crippen LogP contribution in [-0.2, 0) is 0 Å². The van der Waals surface area contributed by atoms with E-state index in [0.29, 0.717) is 17.8 Å². The number of amides is 1. The topological polar surface area (TPSA) is 41.1 Å². The van der Waals surface area contributed by atoms with Crippen molar-refractivity contribution in [3.8, 4) is 0 Å². The van der Waals surface area contributed by atoms with E-state index >= 15 is 0 Å². The Balaban J connectivity index is 2.03. The molecule has 1 atom stereocenters. The molecule has 1 aliphatic rings. The molecule has 1 aromatic rings. The summed E-state index contributed by atoms with van der Waals surface area (Å²) >= 11 is 0. The Hall–Kier alpha value is -1.72.